The number of carboxylic acids is 1. The number of hydrogen-bond donors (Lipinski definition) is 2. The van der Waals surface area contributed by atoms with E-state index in [-0.39, 0.29) is 5.69 Å². The molecule has 1 amide bonds. The van der Waals surface area contributed by atoms with Crippen LogP contribution in [0.4, 0.5) is 13.2 Å². The Morgan fingerprint density at radius 2 is 2.05 bits per heavy atom. The van der Waals surface area contributed by atoms with E-state index < -0.39 is 43.0 Å². The Hall–Kier alpha value is -1.51. The summed E-state index contributed by atoms with van der Waals surface area (Å²) in [5, 5.41) is 8.87. The summed E-state index contributed by atoms with van der Waals surface area (Å²) in [6.45, 7) is -1.09. The molecule has 0 aromatic carbocycles. The number of carboxylic acid groups (broad SMARTS) is 1. The van der Waals surface area contributed by atoms with Crippen LogP contribution in [0, 0.1) is 11.8 Å². The van der Waals surface area contributed by atoms with Crippen molar-refractivity contribution < 1.29 is 27.9 Å². The maximum Gasteiger partial charge on any atom is 0.394 e. The quantitative estimate of drug-likeness (QED) is 0.854. The first-order chi connectivity index (χ1) is 9.20. The number of alkyl halides is 3. The lowest BCUT2D eigenvalue weighted by Gasteiger charge is -2.18. The minimum absolute atomic E-state index is 0.115. The highest BCUT2D eigenvalue weighted by atomic mass is 79.9. The largest absolute Gasteiger partial charge is 0.481 e. The lowest BCUT2D eigenvalue weighted by Crippen LogP contribution is -2.34. The molecule has 2 atom stereocenters. The third-order valence-corrected chi connectivity index (χ3v) is 3.68. The Morgan fingerprint density at radius 1 is 1.40 bits per heavy atom. The molecule has 2 N–H and O–H groups in total. The highest BCUT2D eigenvalue weighted by molar-refractivity contribution is 9.10. The summed E-state index contributed by atoms with van der Waals surface area (Å²) in [6, 6.07) is 1.43. The third-order valence-electron chi connectivity index (χ3n) is 3.22. The van der Waals surface area contributed by atoms with Gasteiger partial charge >= 0.3 is 12.1 Å². The minimum Gasteiger partial charge on any atom is -0.481 e. The van der Waals surface area contributed by atoms with Gasteiger partial charge < -0.3 is 15.0 Å². The van der Waals surface area contributed by atoms with Crippen LogP contribution < -0.4 is 0 Å². The number of aromatic amines is 1. The highest BCUT2D eigenvalue weighted by Crippen LogP contribution is 2.38. The van der Waals surface area contributed by atoms with Crippen molar-refractivity contribution >= 4 is 27.8 Å². The van der Waals surface area contributed by atoms with Crippen LogP contribution in [0.5, 0.6) is 0 Å². The topological polar surface area (TPSA) is 73.4 Å². The van der Waals surface area contributed by atoms with Crippen LogP contribution in [0.3, 0.4) is 0 Å². The highest BCUT2D eigenvalue weighted by Gasteiger charge is 2.53. The Balaban J connectivity index is 2.20. The summed E-state index contributed by atoms with van der Waals surface area (Å²) in [5.74, 6) is -5.86. The van der Waals surface area contributed by atoms with Gasteiger partial charge in [-0.2, -0.15) is 13.2 Å². The van der Waals surface area contributed by atoms with Crippen molar-refractivity contribution in [1.82, 2.24) is 9.88 Å². The normalized spacial score (nSPS) is 23.1. The molecular weight excluding hydrogens is 345 g/mol. The van der Waals surface area contributed by atoms with Crippen LogP contribution in [-0.4, -0.2) is 46.1 Å². The molecule has 0 saturated carbocycles. The molecule has 20 heavy (non-hydrogen) atoms. The lowest BCUT2D eigenvalue weighted by atomic mass is 9.96. The van der Waals surface area contributed by atoms with Crippen molar-refractivity contribution in [2.24, 2.45) is 11.8 Å². The SMILES string of the molecule is O=C(O)[C@@H]1CN(C(=O)c2cc(Br)c[nH]2)C[C@H]1C(F)(F)F. The maximum absolute atomic E-state index is 12.8. The number of aliphatic carboxylic acids is 1. The number of amides is 1. The second-order valence-electron chi connectivity index (χ2n) is 4.53. The molecular formula is C11H10BrF3N2O3. The van der Waals surface area contributed by atoms with E-state index in [1.807, 2.05) is 0 Å². The summed E-state index contributed by atoms with van der Waals surface area (Å²) in [5.41, 5.74) is 0.115. The molecule has 1 aromatic heterocycles. The molecule has 1 aliphatic rings. The van der Waals surface area contributed by atoms with Gasteiger partial charge in [0.05, 0.1) is 11.8 Å². The van der Waals surface area contributed by atoms with Crippen molar-refractivity contribution in [1.29, 1.82) is 0 Å². The fraction of sp³-hybridized carbons (Fsp3) is 0.455. The van der Waals surface area contributed by atoms with Crippen LogP contribution in [0.2, 0.25) is 0 Å². The Kier molecular flexibility index (Phi) is 3.81. The number of H-pyrrole nitrogens is 1. The average Bonchev–Trinajstić information content (AvgIpc) is 2.93. The van der Waals surface area contributed by atoms with Crippen LogP contribution in [0.1, 0.15) is 10.5 Å². The molecule has 1 aromatic rings. The Bertz CT molecular complexity index is 543. The van der Waals surface area contributed by atoms with Gasteiger partial charge in [0, 0.05) is 23.8 Å². The fourth-order valence-electron chi connectivity index (χ4n) is 2.21. The predicted molar refractivity (Wildman–Crippen MR) is 65.1 cm³/mol. The summed E-state index contributed by atoms with van der Waals surface area (Å²) in [4.78, 5) is 26.5. The zero-order valence-electron chi connectivity index (χ0n) is 9.95. The number of carbonyl (C=O) groups is 2. The van der Waals surface area contributed by atoms with E-state index in [0.29, 0.717) is 4.47 Å². The summed E-state index contributed by atoms with van der Waals surface area (Å²) in [6.07, 6.45) is -3.17. The van der Waals surface area contributed by atoms with Crippen molar-refractivity contribution in [2.75, 3.05) is 13.1 Å². The fourth-order valence-corrected chi connectivity index (χ4v) is 2.56. The second-order valence-corrected chi connectivity index (χ2v) is 5.45. The van der Waals surface area contributed by atoms with Gasteiger partial charge in [0.1, 0.15) is 5.69 Å². The number of halogens is 4. The summed E-state index contributed by atoms with van der Waals surface area (Å²) < 4.78 is 39.0. The number of aromatic nitrogens is 1. The number of carbonyl (C=O) groups excluding carboxylic acids is 1. The lowest BCUT2D eigenvalue weighted by molar-refractivity contribution is -0.187. The van der Waals surface area contributed by atoms with Gasteiger partial charge in [-0.3, -0.25) is 9.59 Å². The zero-order chi connectivity index (χ0) is 15.1. The van der Waals surface area contributed by atoms with E-state index in [9.17, 15) is 22.8 Å². The van der Waals surface area contributed by atoms with E-state index >= 15 is 0 Å². The minimum atomic E-state index is -4.64. The van der Waals surface area contributed by atoms with Gasteiger partial charge in [0.25, 0.3) is 5.91 Å². The van der Waals surface area contributed by atoms with Gasteiger partial charge in [-0.15, -0.1) is 0 Å². The number of nitrogens with zero attached hydrogens (tertiary/aromatic N) is 1. The maximum atomic E-state index is 12.8. The van der Waals surface area contributed by atoms with Crippen LogP contribution >= 0.6 is 15.9 Å². The van der Waals surface area contributed by atoms with E-state index in [1.54, 1.807) is 0 Å². The standard InChI is InChI=1S/C11H10BrF3N2O3/c12-5-1-8(16-2-5)9(18)17-3-6(10(19)20)7(4-17)11(13,14)15/h1-2,6-7,16H,3-4H2,(H,19,20)/t6-,7-/m1/s1. The first kappa shape index (κ1) is 14.9. The van der Waals surface area contributed by atoms with E-state index in [0.717, 1.165) is 4.90 Å². The van der Waals surface area contributed by atoms with Gasteiger partial charge in [-0.25, -0.2) is 0 Å². The molecule has 1 saturated heterocycles. The van der Waals surface area contributed by atoms with Crippen LogP contribution in [0.15, 0.2) is 16.7 Å². The third kappa shape index (κ3) is 2.82. The molecule has 0 unspecified atom stereocenters. The number of nitrogens with one attached hydrogen (secondary N) is 1. The van der Waals surface area contributed by atoms with E-state index in [4.69, 9.17) is 5.11 Å². The number of hydrogen-bond acceptors (Lipinski definition) is 2. The molecule has 2 heterocycles. The van der Waals surface area contributed by atoms with Crippen molar-refractivity contribution in [3.8, 4) is 0 Å². The summed E-state index contributed by atoms with van der Waals surface area (Å²) >= 11 is 3.11. The van der Waals surface area contributed by atoms with Gasteiger partial charge in [0.2, 0.25) is 0 Å². The summed E-state index contributed by atoms with van der Waals surface area (Å²) in [7, 11) is 0. The molecule has 1 aliphatic heterocycles. The van der Waals surface area contributed by atoms with Gasteiger partial charge in [-0.1, -0.05) is 0 Å². The van der Waals surface area contributed by atoms with Crippen LogP contribution in [0.25, 0.3) is 0 Å². The van der Waals surface area contributed by atoms with Crippen LogP contribution in [-0.2, 0) is 4.79 Å². The van der Waals surface area contributed by atoms with Crippen molar-refractivity contribution in [3.05, 3.63) is 22.4 Å². The molecule has 0 aliphatic carbocycles. The van der Waals surface area contributed by atoms with Crippen molar-refractivity contribution in [3.63, 3.8) is 0 Å². The number of likely N-dealkylation sites (tertiary alicyclic amines) is 1. The second kappa shape index (κ2) is 5.12. The first-order valence-electron chi connectivity index (χ1n) is 5.63. The molecule has 2 rings (SSSR count). The molecule has 110 valence electrons. The Morgan fingerprint density at radius 3 is 2.45 bits per heavy atom. The molecule has 9 heteroatoms. The zero-order valence-corrected chi connectivity index (χ0v) is 11.5. The molecule has 0 spiro atoms. The Labute approximate surface area is 119 Å². The van der Waals surface area contributed by atoms with E-state index in [1.165, 1.54) is 12.3 Å². The van der Waals surface area contributed by atoms with Gasteiger partial charge in [-0.05, 0) is 22.0 Å². The number of rotatable bonds is 2. The predicted octanol–water partition coefficient (Wildman–Crippen LogP) is 2.11. The molecule has 5 nitrogen and oxygen atoms in total. The molecule has 1 fully saturated rings. The van der Waals surface area contributed by atoms with Crippen molar-refractivity contribution in [2.45, 2.75) is 6.18 Å². The molecule has 0 radical (unpaired) electrons. The smallest absolute Gasteiger partial charge is 0.394 e. The van der Waals surface area contributed by atoms with Gasteiger partial charge in [0.15, 0.2) is 0 Å². The van der Waals surface area contributed by atoms with E-state index in [2.05, 4.69) is 20.9 Å². The first-order valence-corrected chi connectivity index (χ1v) is 6.42. The average molecular weight is 355 g/mol. The monoisotopic (exact) mass is 354 g/mol. The molecule has 0 bridgehead atoms.